The van der Waals surface area contributed by atoms with Crippen LogP contribution in [-0.4, -0.2) is 20.7 Å². The summed E-state index contributed by atoms with van der Waals surface area (Å²) >= 11 is 5.84. The highest BCUT2D eigenvalue weighted by atomic mass is 35.5. The predicted molar refractivity (Wildman–Crippen MR) is 70.0 cm³/mol. The monoisotopic (exact) mass is 256 g/mol. The van der Waals surface area contributed by atoms with E-state index in [-0.39, 0.29) is 5.97 Å². The van der Waals surface area contributed by atoms with Gasteiger partial charge in [0.05, 0.1) is 14.7 Å². The van der Waals surface area contributed by atoms with Gasteiger partial charge in [0.1, 0.15) is 0 Å². The molecule has 0 fully saturated rings. The first-order valence-corrected chi connectivity index (χ1v) is 8.96. The maximum Gasteiger partial charge on any atom is 0.303 e. The highest BCUT2D eigenvalue weighted by Gasteiger charge is 2.27. The fourth-order valence-electron chi connectivity index (χ4n) is 1.58. The Kier molecular flexibility index (Phi) is 4.56. The predicted octanol–water partition coefficient (Wildman–Crippen LogP) is 2.82. The SMILES string of the molecule is CCOC(=O)C[Si](C)(C)c1ccc(Cl)cc1. The summed E-state index contributed by atoms with van der Waals surface area (Å²) in [4.78, 5) is 11.5. The molecule has 0 saturated heterocycles. The largest absolute Gasteiger partial charge is 0.466 e. The normalized spacial score (nSPS) is 11.2. The number of hydrogen-bond donors (Lipinski definition) is 0. The number of ether oxygens (including phenoxy) is 1. The standard InChI is InChI=1S/C12H17ClO2Si/c1-4-15-12(14)9-16(2,3)11-7-5-10(13)6-8-11/h5-8H,4,9H2,1-3H3. The molecule has 0 amide bonds. The van der Waals surface area contributed by atoms with Gasteiger partial charge in [-0.2, -0.15) is 0 Å². The van der Waals surface area contributed by atoms with E-state index >= 15 is 0 Å². The van der Waals surface area contributed by atoms with Crippen molar-refractivity contribution in [1.29, 1.82) is 0 Å². The van der Waals surface area contributed by atoms with E-state index in [1.54, 1.807) is 0 Å². The van der Waals surface area contributed by atoms with Crippen molar-refractivity contribution in [3.8, 4) is 0 Å². The molecule has 0 atom stereocenters. The van der Waals surface area contributed by atoms with Crippen LogP contribution in [0.3, 0.4) is 0 Å². The lowest BCUT2D eigenvalue weighted by molar-refractivity contribution is -0.140. The number of carbonyl (C=O) groups is 1. The highest BCUT2D eigenvalue weighted by Crippen LogP contribution is 2.13. The van der Waals surface area contributed by atoms with Gasteiger partial charge >= 0.3 is 5.97 Å². The van der Waals surface area contributed by atoms with E-state index in [1.165, 1.54) is 5.19 Å². The number of rotatable bonds is 4. The van der Waals surface area contributed by atoms with Crippen LogP contribution in [0.4, 0.5) is 0 Å². The molecule has 0 aromatic heterocycles. The van der Waals surface area contributed by atoms with Gasteiger partial charge in [-0.15, -0.1) is 0 Å². The van der Waals surface area contributed by atoms with Crippen molar-refractivity contribution in [2.75, 3.05) is 6.61 Å². The smallest absolute Gasteiger partial charge is 0.303 e. The minimum absolute atomic E-state index is 0.103. The van der Waals surface area contributed by atoms with Gasteiger partial charge in [0.2, 0.25) is 0 Å². The Morgan fingerprint density at radius 3 is 2.38 bits per heavy atom. The van der Waals surface area contributed by atoms with Gasteiger partial charge in [-0.1, -0.05) is 42.0 Å². The van der Waals surface area contributed by atoms with Crippen molar-refractivity contribution >= 4 is 30.8 Å². The summed E-state index contributed by atoms with van der Waals surface area (Å²) in [6.45, 7) is 6.60. The summed E-state index contributed by atoms with van der Waals surface area (Å²) in [5.74, 6) is -0.103. The van der Waals surface area contributed by atoms with Crippen molar-refractivity contribution in [3.63, 3.8) is 0 Å². The molecule has 0 saturated carbocycles. The minimum atomic E-state index is -1.74. The molecule has 16 heavy (non-hydrogen) atoms. The van der Waals surface area contributed by atoms with E-state index in [4.69, 9.17) is 16.3 Å². The second-order valence-electron chi connectivity index (χ2n) is 4.37. The van der Waals surface area contributed by atoms with Crippen LogP contribution in [0, 0.1) is 0 Å². The van der Waals surface area contributed by atoms with Gasteiger partial charge < -0.3 is 4.74 Å². The van der Waals surface area contributed by atoms with Gasteiger partial charge in [-0.3, -0.25) is 4.79 Å². The third-order valence-corrected chi connectivity index (χ3v) is 5.84. The molecular weight excluding hydrogens is 240 g/mol. The second-order valence-corrected chi connectivity index (χ2v) is 9.51. The summed E-state index contributed by atoms with van der Waals surface area (Å²) in [7, 11) is -1.74. The molecule has 88 valence electrons. The Balaban J connectivity index is 2.76. The molecule has 0 radical (unpaired) electrons. The van der Waals surface area contributed by atoms with E-state index in [1.807, 2.05) is 31.2 Å². The third kappa shape index (κ3) is 3.65. The minimum Gasteiger partial charge on any atom is -0.466 e. The molecule has 0 bridgehead atoms. The summed E-state index contributed by atoms with van der Waals surface area (Å²) in [5.41, 5.74) is 0. The topological polar surface area (TPSA) is 26.3 Å². The molecule has 0 spiro atoms. The Bertz CT molecular complexity index is 360. The zero-order chi connectivity index (χ0) is 12.2. The van der Waals surface area contributed by atoms with Crippen LogP contribution in [0.15, 0.2) is 24.3 Å². The highest BCUT2D eigenvalue weighted by molar-refractivity contribution is 6.91. The second kappa shape index (κ2) is 5.50. The Labute approximate surface area is 103 Å². The molecule has 2 nitrogen and oxygen atoms in total. The molecule has 1 rings (SSSR count). The van der Waals surface area contributed by atoms with Crippen molar-refractivity contribution in [2.24, 2.45) is 0 Å². The summed E-state index contributed by atoms with van der Waals surface area (Å²) < 4.78 is 4.99. The average molecular weight is 257 g/mol. The first-order chi connectivity index (χ1) is 7.45. The molecule has 0 N–H and O–H groups in total. The molecule has 0 unspecified atom stereocenters. The Hall–Kier alpha value is -0.803. The van der Waals surface area contributed by atoms with Gasteiger partial charge in [0, 0.05) is 11.1 Å². The first kappa shape index (κ1) is 13.3. The number of halogens is 1. The fourth-order valence-corrected chi connectivity index (χ4v) is 3.80. The summed E-state index contributed by atoms with van der Waals surface area (Å²) in [5, 5.41) is 1.95. The van der Waals surface area contributed by atoms with Gasteiger partial charge in [0.25, 0.3) is 0 Å². The fraction of sp³-hybridized carbons (Fsp3) is 0.417. The first-order valence-electron chi connectivity index (χ1n) is 5.37. The van der Waals surface area contributed by atoms with Crippen molar-refractivity contribution in [3.05, 3.63) is 29.3 Å². The molecule has 0 heterocycles. The van der Waals surface area contributed by atoms with E-state index < -0.39 is 8.07 Å². The quantitative estimate of drug-likeness (QED) is 0.612. The van der Waals surface area contributed by atoms with Gasteiger partial charge in [0.15, 0.2) is 0 Å². The van der Waals surface area contributed by atoms with E-state index in [0.717, 1.165) is 5.02 Å². The van der Waals surface area contributed by atoms with E-state index in [2.05, 4.69) is 13.1 Å². The number of hydrogen-bond acceptors (Lipinski definition) is 2. The Morgan fingerprint density at radius 1 is 1.31 bits per heavy atom. The number of carbonyl (C=O) groups excluding carboxylic acids is 1. The van der Waals surface area contributed by atoms with Crippen LogP contribution in [0.25, 0.3) is 0 Å². The van der Waals surface area contributed by atoms with E-state index in [9.17, 15) is 4.79 Å². The zero-order valence-corrected chi connectivity index (χ0v) is 11.7. The zero-order valence-electron chi connectivity index (χ0n) is 9.92. The molecule has 0 aliphatic rings. The van der Waals surface area contributed by atoms with Gasteiger partial charge in [-0.25, -0.2) is 0 Å². The van der Waals surface area contributed by atoms with Crippen LogP contribution in [-0.2, 0) is 9.53 Å². The molecule has 0 aliphatic heterocycles. The van der Waals surface area contributed by atoms with Crippen molar-refractivity contribution in [2.45, 2.75) is 26.1 Å². The molecular formula is C12H17ClO2Si. The summed E-state index contributed by atoms with van der Waals surface area (Å²) in [6.07, 6.45) is 0. The van der Waals surface area contributed by atoms with Crippen LogP contribution in [0.1, 0.15) is 6.92 Å². The Morgan fingerprint density at radius 2 is 1.88 bits per heavy atom. The lowest BCUT2D eigenvalue weighted by Gasteiger charge is -2.21. The number of benzene rings is 1. The lowest BCUT2D eigenvalue weighted by Crippen LogP contribution is -2.43. The molecule has 1 aromatic rings. The molecule has 4 heteroatoms. The van der Waals surface area contributed by atoms with Gasteiger partial charge in [-0.05, 0) is 19.1 Å². The van der Waals surface area contributed by atoms with Crippen LogP contribution < -0.4 is 5.19 Å². The van der Waals surface area contributed by atoms with Crippen molar-refractivity contribution in [1.82, 2.24) is 0 Å². The maximum atomic E-state index is 11.5. The summed E-state index contributed by atoms with van der Waals surface area (Å²) in [6, 6.07) is 8.28. The molecule has 0 aliphatic carbocycles. The van der Waals surface area contributed by atoms with E-state index in [0.29, 0.717) is 12.7 Å². The van der Waals surface area contributed by atoms with Crippen LogP contribution in [0.5, 0.6) is 0 Å². The number of esters is 1. The lowest BCUT2D eigenvalue weighted by atomic mass is 10.4. The average Bonchev–Trinajstić information content (AvgIpc) is 2.17. The maximum absolute atomic E-state index is 11.5. The van der Waals surface area contributed by atoms with Crippen LogP contribution in [0.2, 0.25) is 24.2 Å². The van der Waals surface area contributed by atoms with Crippen LogP contribution >= 0.6 is 11.6 Å². The molecule has 1 aromatic carbocycles. The van der Waals surface area contributed by atoms with Crippen molar-refractivity contribution < 1.29 is 9.53 Å². The third-order valence-electron chi connectivity index (χ3n) is 2.52.